The number of nitrogens with one attached hydrogen (secondary N) is 1. The molecule has 0 saturated heterocycles. The molecular weight excluding hydrogens is 240 g/mol. The zero-order valence-corrected chi connectivity index (χ0v) is 12.0. The van der Waals surface area contributed by atoms with Crippen LogP contribution in [0.4, 0.5) is 0 Å². The molecule has 0 aromatic carbocycles. The Bertz CT molecular complexity index is 271. The van der Waals surface area contributed by atoms with E-state index < -0.39 is 5.91 Å². The van der Waals surface area contributed by atoms with E-state index in [1.807, 2.05) is 0 Å². The molecule has 110 valence electrons. The molecule has 4 nitrogen and oxygen atoms in total. The summed E-state index contributed by atoms with van der Waals surface area (Å²) >= 11 is 0. The lowest BCUT2D eigenvalue weighted by atomic mass is 9.88. The van der Waals surface area contributed by atoms with E-state index in [1.54, 1.807) is 0 Å². The molecule has 1 aliphatic rings. The molecular formula is C15H28N2O2. The van der Waals surface area contributed by atoms with Gasteiger partial charge in [0, 0.05) is 19.4 Å². The topological polar surface area (TPSA) is 72.2 Å². The second-order valence-corrected chi connectivity index (χ2v) is 5.67. The van der Waals surface area contributed by atoms with Crippen molar-refractivity contribution < 1.29 is 9.59 Å². The van der Waals surface area contributed by atoms with E-state index in [4.69, 9.17) is 5.73 Å². The van der Waals surface area contributed by atoms with Gasteiger partial charge in [-0.2, -0.15) is 0 Å². The van der Waals surface area contributed by atoms with Crippen molar-refractivity contribution in [2.75, 3.05) is 6.54 Å². The number of hydrogen-bond donors (Lipinski definition) is 2. The maximum Gasteiger partial charge on any atom is 0.220 e. The van der Waals surface area contributed by atoms with Crippen molar-refractivity contribution in [2.45, 2.75) is 70.6 Å². The summed E-state index contributed by atoms with van der Waals surface area (Å²) in [6.45, 7) is 0.730. The summed E-state index contributed by atoms with van der Waals surface area (Å²) in [5, 5.41) is 2.86. The van der Waals surface area contributed by atoms with Crippen molar-refractivity contribution in [3.05, 3.63) is 0 Å². The fourth-order valence-electron chi connectivity index (χ4n) is 2.77. The van der Waals surface area contributed by atoms with Gasteiger partial charge in [-0.25, -0.2) is 0 Å². The van der Waals surface area contributed by atoms with Crippen LogP contribution in [-0.2, 0) is 9.59 Å². The van der Waals surface area contributed by atoms with E-state index in [0.29, 0.717) is 0 Å². The molecule has 1 saturated carbocycles. The average Bonchev–Trinajstić information content (AvgIpc) is 2.34. The predicted molar refractivity (Wildman–Crippen MR) is 76.5 cm³/mol. The smallest absolute Gasteiger partial charge is 0.220 e. The van der Waals surface area contributed by atoms with Crippen LogP contribution in [0, 0.1) is 5.92 Å². The fraction of sp³-hybridized carbons (Fsp3) is 0.867. The fourth-order valence-corrected chi connectivity index (χ4v) is 2.77. The van der Waals surface area contributed by atoms with Gasteiger partial charge in [-0.1, -0.05) is 44.9 Å². The molecule has 0 radical (unpaired) electrons. The van der Waals surface area contributed by atoms with Crippen molar-refractivity contribution in [2.24, 2.45) is 11.7 Å². The van der Waals surface area contributed by atoms with Gasteiger partial charge in [0.15, 0.2) is 0 Å². The second-order valence-electron chi connectivity index (χ2n) is 5.67. The summed E-state index contributed by atoms with van der Waals surface area (Å²) in [5.41, 5.74) is 5.00. The Balaban J connectivity index is 2.02. The molecule has 3 N–H and O–H groups in total. The third-order valence-electron chi connectivity index (χ3n) is 3.93. The lowest BCUT2D eigenvalue weighted by molar-refractivity contribution is -0.125. The molecule has 19 heavy (non-hydrogen) atoms. The minimum atomic E-state index is -0.412. The van der Waals surface area contributed by atoms with Gasteiger partial charge in [0.1, 0.15) is 0 Å². The number of carbonyl (C=O) groups excluding carboxylic acids is 2. The molecule has 4 heteroatoms. The third-order valence-corrected chi connectivity index (χ3v) is 3.93. The van der Waals surface area contributed by atoms with E-state index in [-0.39, 0.29) is 18.7 Å². The van der Waals surface area contributed by atoms with E-state index >= 15 is 0 Å². The van der Waals surface area contributed by atoms with Crippen LogP contribution >= 0.6 is 0 Å². The summed E-state index contributed by atoms with van der Waals surface area (Å²) < 4.78 is 0. The number of carbonyl (C=O) groups is 2. The first-order chi connectivity index (χ1) is 9.18. The van der Waals surface area contributed by atoms with Gasteiger partial charge in [0.25, 0.3) is 0 Å². The quantitative estimate of drug-likeness (QED) is 0.696. The first-order valence-electron chi connectivity index (χ1n) is 7.73. The number of primary amides is 1. The zero-order valence-electron chi connectivity index (χ0n) is 12.0. The SMILES string of the molecule is NC(=O)CCC(=O)NCCCC1CCCCCCC1. The van der Waals surface area contributed by atoms with Crippen molar-refractivity contribution in [1.82, 2.24) is 5.32 Å². The van der Waals surface area contributed by atoms with Gasteiger partial charge < -0.3 is 11.1 Å². The van der Waals surface area contributed by atoms with E-state index in [2.05, 4.69) is 5.32 Å². The van der Waals surface area contributed by atoms with Crippen molar-refractivity contribution >= 4 is 11.8 Å². The summed E-state index contributed by atoms with van der Waals surface area (Å²) in [6.07, 6.45) is 12.3. The first-order valence-corrected chi connectivity index (χ1v) is 7.73. The monoisotopic (exact) mass is 268 g/mol. The lowest BCUT2D eigenvalue weighted by Gasteiger charge is -2.19. The minimum absolute atomic E-state index is 0.0588. The van der Waals surface area contributed by atoms with Gasteiger partial charge in [0.05, 0.1) is 0 Å². The van der Waals surface area contributed by atoms with Crippen LogP contribution in [0.1, 0.15) is 70.6 Å². The average molecular weight is 268 g/mol. The number of rotatable bonds is 7. The Morgan fingerprint density at radius 1 is 1.00 bits per heavy atom. The summed E-state index contributed by atoms with van der Waals surface area (Å²) in [6, 6.07) is 0. The van der Waals surface area contributed by atoms with Crippen LogP contribution in [0.3, 0.4) is 0 Å². The minimum Gasteiger partial charge on any atom is -0.370 e. The predicted octanol–water partition coefficient (Wildman–Crippen LogP) is 2.51. The summed E-state index contributed by atoms with van der Waals surface area (Å²) in [7, 11) is 0. The number of hydrogen-bond acceptors (Lipinski definition) is 2. The van der Waals surface area contributed by atoms with Gasteiger partial charge in [-0.15, -0.1) is 0 Å². The van der Waals surface area contributed by atoms with Crippen molar-refractivity contribution in [3.8, 4) is 0 Å². The zero-order chi connectivity index (χ0) is 13.9. The second kappa shape index (κ2) is 9.82. The Hall–Kier alpha value is -1.06. The number of nitrogens with two attached hydrogens (primary N) is 1. The highest BCUT2D eigenvalue weighted by Crippen LogP contribution is 2.25. The molecule has 1 rings (SSSR count). The normalized spacial score (nSPS) is 17.5. The maximum atomic E-state index is 11.4. The molecule has 0 aromatic heterocycles. The third kappa shape index (κ3) is 8.62. The van der Waals surface area contributed by atoms with Crippen LogP contribution in [0.2, 0.25) is 0 Å². The maximum absolute atomic E-state index is 11.4. The standard InChI is InChI=1S/C15H28N2O2/c16-14(18)10-11-15(19)17-12-6-9-13-7-4-2-1-3-5-8-13/h13H,1-12H2,(H2,16,18)(H,17,19). The van der Waals surface area contributed by atoms with Crippen molar-refractivity contribution in [1.29, 1.82) is 0 Å². The first kappa shape index (κ1) is 16.0. The Morgan fingerprint density at radius 2 is 1.63 bits per heavy atom. The van der Waals surface area contributed by atoms with Gasteiger partial charge in [0.2, 0.25) is 11.8 Å². The highest BCUT2D eigenvalue weighted by Gasteiger charge is 2.11. The molecule has 2 amide bonds. The number of amides is 2. The largest absolute Gasteiger partial charge is 0.370 e. The van der Waals surface area contributed by atoms with Crippen molar-refractivity contribution in [3.63, 3.8) is 0 Å². The molecule has 0 aromatic rings. The van der Waals surface area contributed by atoms with E-state index in [9.17, 15) is 9.59 Å². The summed E-state index contributed by atoms with van der Waals surface area (Å²) in [4.78, 5) is 21.9. The molecule has 0 heterocycles. The van der Waals surface area contributed by atoms with Gasteiger partial charge in [-0.3, -0.25) is 9.59 Å². The van der Waals surface area contributed by atoms with E-state index in [1.165, 1.54) is 51.4 Å². The van der Waals surface area contributed by atoms with Gasteiger partial charge >= 0.3 is 0 Å². The Kier molecular flexibility index (Phi) is 8.26. The van der Waals surface area contributed by atoms with E-state index in [0.717, 1.165) is 18.9 Å². The lowest BCUT2D eigenvalue weighted by Crippen LogP contribution is -2.26. The van der Waals surface area contributed by atoms with Crippen LogP contribution in [0.15, 0.2) is 0 Å². The molecule has 0 bridgehead atoms. The highest BCUT2D eigenvalue weighted by molar-refractivity contribution is 5.82. The van der Waals surface area contributed by atoms with Crippen LogP contribution < -0.4 is 11.1 Å². The molecule has 1 fully saturated rings. The molecule has 1 aliphatic carbocycles. The Labute approximate surface area is 116 Å². The van der Waals surface area contributed by atoms with Crippen LogP contribution in [0.25, 0.3) is 0 Å². The molecule has 0 aliphatic heterocycles. The van der Waals surface area contributed by atoms with Crippen LogP contribution in [-0.4, -0.2) is 18.4 Å². The summed E-state index contributed by atoms with van der Waals surface area (Å²) in [5.74, 6) is 0.379. The molecule has 0 unspecified atom stereocenters. The highest BCUT2D eigenvalue weighted by atomic mass is 16.2. The molecule has 0 spiro atoms. The Morgan fingerprint density at radius 3 is 2.26 bits per heavy atom. The van der Waals surface area contributed by atoms with Gasteiger partial charge in [-0.05, 0) is 18.8 Å². The molecule has 0 atom stereocenters. The van der Waals surface area contributed by atoms with Crippen LogP contribution in [0.5, 0.6) is 0 Å².